The van der Waals surface area contributed by atoms with E-state index in [1.807, 2.05) is 6.07 Å². The predicted octanol–water partition coefficient (Wildman–Crippen LogP) is 1.88. The third kappa shape index (κ3) is 3.58. The lowest BCUT2D eigenvalue weighted by Gasteiger charge is -2.38. The van der Waals surface area contributed by atoms with Gasteiger partial charge in [-0.25, -0.2) is 0 Å². The number of piperidine rings is 1. The van der Waals surface area contributed by atoms with Crippen LogP contribution in [0.2, 0.25) is 0 Å². The maximum Gasteiger partial charge on any atom is 0.214 e. The van der Waals surface area contributed by atoms with Crippen molar-refractivity contribution < 1.29 is 4.74 Å². The summed E-state index contributed by atoms with van der Waals surface area (Å²) in [6.45, 7) is 3.58. The van der Waals surface area contributed by atoms with Gasteiger partial charge in [0.1, 0.15) is 0 Å². The summed E-state index contributed by atoms with van der Waals surface area (Å²) in [4.78, 5) is 6.92. The molecule has 2 N–H and O–H groups in total. The zero-order chi connectivity index (χ0) is 17.2. The van der Waals surface area contributed by atoms with Crippen LogP contribution in [0.1, 0.15) is 30.4 Å². The average molecular weight is 344 g/mol. The van der Waals surface area contributed by atoms with E-state index in [1.54, 1.807) is 7.11 Å². The zero-order valence-electron chi connectivity index (χ0n) is 14.8. The highest BCUT2D eigenvalue weighted by Gasteiger charge is 2.21. The summed E-state index contributed by atoms with van der Waals surface area (Å²) in [7, 11) is 1.78. The normalized spacial score (nSPS) is 24.6. The first-order valence-electron chi connectivity index (χ1n) is 9.19. The minimum absolute atomic E-state index is 0.332. The van der Waals surface area contributed by atoms with Gasteiger partial charge in [0.2, 0.25) is 5.96 Å². The van der Waals surface area contributed by atoms with E-state index >= 15 is 0 Å². The van der Waals surface area contributed by atoms with E-state index in [4.69, 9.17) is 4.74 Å². The molecule has 1 aliphatic carbocycles. The van der Waals surface area contributed by atoms with Crippen LogP contribution < -0.4 is 15.9 Å². The SMILES string of the molecule is COC1CCCN(CCN=C2Nc3cc4c(cc3N([O-])N2)CCC4)C1. The maximum atomic E-state index is 12.3. The number of ether oxygens (including phenoxy) is 1. The summed E-state index contributed by atoms with van der Waals surface area (Å²) in [6.07, 6.45) is 5.96. The predicted molar refractivity (Wildman–Crippen MR) is 99.8 cm³/mol. The number of likely N-dealkylation sites (tertiary alicyclic amines) is 1. The number of benzene rings is 1. The zero-order valence-corrected chi connectivity index (χ0v) is 14.8. The van der Waals surface area contributed by atoms with Crippen molar-refractivity contribution in [1.82, 2.24) is 10.3 Å². The molecule has 1 fully saturated rings. The van der Waals surface area contributed by atoms with Gasteiger partial charge in [0.15, 0.2) is 0 Å². The van der Waals surface area contributed by atoms with Gasteiger partial charge >= 0.3 is 0 Å². The minimum atomic E-state index is 0.332. The van der Waals surface area contributed by atoms with Crippen LogP contribution in [0.15, 0.2) is 17.1 Å². The molecule has 1 unspecified atom stereocenters. The molecular formula is C18H26N5O2-. The summed E-state index contributed by atoms with van der Waals surface area (Å²) in [6, 6.07) is 4.10. The van der Waals surface area contributed by atoms with Crippen LogP contribution in [0.3, 0.4) is 0 Å². The van der Waals surface area contributed by atoms with Crippen molar-refractivity contribution in [3.63, 3.8) is 0 Å². The smallest absolute Gasteiger partial charge is 0.214 e. The Morgan fingerprint density at radius 1 is 1.28 bits per heavy atom. The topological polar surface area (TPSA) is 75.2 Å². The highest BCUT2D eigenvalue weighted by molar-refractivity contribution is 6.01. The van der Waals surface area contributed by atoms with Crippen molar-refractivity contribution in [2.24, 2.45) is 4.99 Å². The molecule has 0 aromatic heterocycles. The van der Waals surface area contributed by atoms with Crippen LogP contribution in [-0.2, 0) is 17.6 Å². The Morgan fingerprint density at radius 3 is 2.96 bits per heavy atom. The highest BCUT2D eigenvalue weighted by atomic mass is 16.5. The van der Waals surface area contributed by atoms with E-state index in [1.165, 1.54) is 24.0 Å². The van der Waals surface area contributed by atoms with Crippen molar-refractivity contribution in [1.29, 1.82) is 0 Å². The number of anilines is 2. The molecular weight excluding hydrogens is 318 g/mol. The molecule has 0 radical (unpaired) electrons. The number of hydrogen-bond donors (Lipinski definition) is 2. The molecule has 7 heteroatoms. The number of fused-ring (bicyclic) bond motifs is 2. The first-order chi connectivity index (χ1) is 12.2. The second kappa shape index (κ2) is 7.19. The third-order valence-electron chi connectivity index (χ3n) is 5.37. The highest BCUT2D eigenvalue weighted by Crippen LogP contribution is 2.34. The van der Waals surface area contributed by atoms with Gasteiger partial charge in [-0.3, -0.25) is 15.3 Å². The molecule has 2 aliphatic heterocycles. The van der Waals surface area contributed by atoms with Crippen LogP contribution in [0.5, 0.6) is 0 Å². The third-order valence-corrected chi connectivity index (χ3v) is 5.37. The molecule has 136 valence electrons. The van der Waals surface area contributed by atoms with E-state index in [9.17, 15) is 5.21 Å². The summed E-state index contributed by atoms with van der Waals surface area (Å²) >= 11 is 0. The molecule has 3 aliphatic rings. The molecule has 4 rings (SSSR count). The molecule has 0 amide bonds. The Kier molecular flexibility index (Phi) is 4.78. The van der Waals surface area contributed by atoms with Gasteiger partial charge in [-0.2, -0.15) is 0 Å². The summed E-state index contributed by atoms with van der Waals surface area (Å²) in [5, 5.41) is 16.4. The van der Waals surface area contributed by atoms with E-state index in [0.29, 0.717) is 24.3 Å². The number of hydrazine groups is 1. The van der Waals surface area contributed by atoms with Gasteiger partial charge in [-0.05, 0) is 61.9 Å². The largest absolute Gasteiger partial charge is 0.739 e. The molecule has 1 aromatic carbocycles. The first-order valence-corrected chi connectivity index (χ1v) is 9.19. The number of rotatable bonds is 4. The molecule has 7 nitrogen and oxygen atoms in total. The van der Waals surface area contributed by atoms with Gasteiger partial charge in [0.25, 0.3) is 0 Å². The molecule has 2 heterocycles. The van der Waals surface area contributed by atoms with E-state index in [-0.39, 0.29) is 0 Å². The fourth-order valence-corrected chi connectivity index (χ4v) is 3.98. The van der Waals surface area contributed by atoms with Crippen molar-refractivity contribution >= 4 is 17.3 Å². The lowest BCUT2D eigenvalue weighted by molar-refractivity contribution is 0.0326. The van der Waals surface area contributed by atoms with Gasteiger partial charge in [-0.1, -0.05) is 0 Å². The summed E-state index contributed by atoms with van der Waals surface area (Å²) in [5.74, 6) is 0.528. The average Bonchev–Trinajstić information content (AvgIpc) is 3.08. The van der Waals surface area contributed by atoms with Crippen molar-refractivity contribution in [3.05, 3.63) is 28.5 Å². The number of methoxy groups -OCH3 is 1. The van der Waals surface area contributed by atoms with Crippen molar-refractivity contribution in [3.8, 4) is 0 Å². The second-order valence-electron chi connectivity index (χ2n) is 7.05. The Labute approximate surface area is 148 Å². The van der Waals surface area contributed by atoms with Crippen LogP contribution in [0.4, 0.5) is 11.4 Å². The number of aliphatic imine (C=N–C) groups is 1. The Morgan fingerprint density at radius 2 is 2.12 bits per heavy atom. The summed E-state index contributed by atoms with van der Waals surface area (Å²) < 4.78 is 5.46. The summed E-state index contributed by atoms with van der Waals surface area (Å²) in [5.41, 5.74) is 6.94. The maximum absolute atomic E-state index is 12.3. The van der Waals surface area contributed by atoms with Crippen LogP contribution >= 0.6 is 0 Å². The Balaban J connectivity index is 1.38. The monoisotopic (exact) mass is 344 g/mol. The van der Waals surface area contributed by atoms with Crippen LogP contribution in [0, 0.1) is 5.21 Å². The molecule has 1 atom stereocenters. The lowest BCUT2D eigenvalue weighted by Crippen LogP contribution is -2.47. The van der Waals surface area contributed by atoms with Crippen LogP contribution in [-0.4, -0.2) is 50.3 Å². The first kappa shape index (κ1) is 16.6. The van der Waals surface area contributed by atoms with Gasteiger partial charge in [-0.15, -0.1) is 0 Å². The fraction of sp³-hybridized carbons (Fsp3) is 0.611. The van der Waals surface area contributed by atoms with Crippen LogP contribution in [0.25, 0.3) is 0 Å². The van der Waals surface area contributed by atoms with Gasteiger partial charge in [0, 0.05) is 20.2 Å². The molecule has 1 saturated heterocycles. The van der Waals surface area contributed by atoms with E-state index in [0.717, 1.165) is 49.8 Å². The second-order valence-corrected chi connectivity index (χ2v) is 7.05. The molecule has 1 aromatic rings. The Hall–Kier alpha value is -1.83. The van der Waals surface area contributed by atoms with E-state index in [2.05, 4.69) is 26.7 Å². The molecule has 0 spiro atoms. The van der Waals surface area contributed by atoms with Gasteiger partial charge in [0.05, 0.1) is 24.0 Å². The molecule has 0 saturated carbocycles. The quantitative estimate of drug-likeness (QED) is 0.869. The van der Waals surface area contributed by atoms with Crippen molar-refractivity contribution in [2.75, 3.05) is 43.8 Å². The Bertz CT molecular complexity index is 663. The van der Waals surface area contributed by atoms with Gasteiger partial charge < -0.3 is 20.4 Å². The molecule has 0 bridgehead atoms. The number of nitrogens with one attached hydrogen (secondary N) is 2. The minimum Gasteiger partial charge on any atom is -0.739 e. The lowest BCUT2D eigenvalue weighted by atomic mass is 10.1. The fourth-order valence-electron chi connectivity index (χ4n) is 3.98. The number of aryl methyl sites for hydroxylation is 2. The molecule has 25 heavy (non-hydrogen) atoms. The standard InChI is InChI=1S/C18H26N5O2/c1-25-15-6-3-8-22(12-15)9-7-19-18-20-16-10-13-4-2-5-14(13)11-17(16)23(24)21-18/h10-11,15H,2-9,12H2,1H3,(H2,19,20,21)/q-1. The number of guanidine groups is 1. The number of nitrogens with zero attached hydrogens (tertiary/aromatic N) is 3. The van der Waals surface area contributed by atoms with E-state index < -0.39 is 0 Å². The van der Waals surface area contributed by atoms with Crippen molar-refractivity contribution in [2.45, 2.75) is 38.2 Å². The number of hydrogen-bond acceptors (Lipinski definition) is 5.